The van der Waals surface area contributed by atoms with Crippen molar-refractivity contribution in [3.05, 3.63) is 60.2 Å². The molecule has 0 bridgehead atoms. The molecule has 10 nitrogen and oxygen atoms in total. The van der Waals surface area contributed by atoms with Crippen LogP contribution in [0.1, 0.15) is 77.1 Å². The Hall–Kier alpha value is -2.31. The minimum atomic E-state index is -1.65. The van der Waals surface area contributed by atoms with E-state index in [0.29, 0.717) is 18.6 Å². The van der Waals surface area contributed by atoms with E-state index in [-0.39, 0.29) is 67.0 Å². The van der Waals surface area contributed by atoms with Crippen molar-refractivity contribution < 1.29 is 68.7 Å². The maximum Gasteiger partial charge on any atom is 1.00 e. The molecule has 1 heterocycles. The topological polar surface area (TPSA) is 157 Å². The zero-order valence-corrected chi connectivity index (χ0v) is 28.9. The molecular formula is C32H49N2NaO8. The molecule has 236 valence electrons. The molecule has 2 amide bonds. The Balaban J connectivity index is 0. The number of ether oxygens (including phenoxy) is 2. The van der Waals surface area contributed by atoms with Crippen LogP contribution in [0.2, 0.25) is 0 Å². The van der Waals surface area contributed by atoms with E-state index in [1.807, 2.05) is 49.4 Å². The number of rotatable bonds is 10. The van der Waals surface area contributed by atoms with Gasteiger partial charge >= 0.3 is 29.6 Å². The van der Waals surface area contributed by atoms with Gasteiger partial charge in [0.05, 0.1) is 25.4 Å². The van der Waals surface area contributed by atoms with E-state index in [0.717, 1.165) is 31.1 Å². The third-order valence-electron chi connectivity index (χ3n) is 5.70. The van der Waals surface area contributed by atoms with E-state index in [1.165, 1.54) is 13.3 Å². The number of amides is 2. The number of benzene rings is 2. The normalized spacial score (nSPS) is 17.4. The number of unbranched alkanes of at least 4 members (excludes halogenated alkanes) is 1. The van der Waals surface area contributed by atoms with Crippen LogP contribution in [0.25, 0.3) is 11.1 Å². The first-order chi connectivity index (χ1) is 20.1. The van der Waals surface area contributed by atoms with Crippen LogP contribution < -0.4 is 45.3 Å². The number of carboxylic acids is 1. The van der Waals surface area contributed by atoms with Gasteiger partial charge in [0.1, 0.15) is 5.97 Å². The van der Waals surface area contributed by atoms with Gasteiger partial charge in [0.2, 0.25) is 11.7 Å². The van der Waals surface area contributed by atoms with E-state index in [2.05, 4.69) is 24.5 Å². The number of carbonyl (C=O) groups is 3. The van der Waals surface area contributed by atoms with Gasteiger partial charge in [-0.25, -0.2) is 0 Å². The Morgan fingerprint density at radius 1 is 1.05 bits per heavy atom. The summed E-state index contributed by atoms with van der Waals surface area (Å²) in [6, 6.07) is 17.3. The van der Waals surface area contributed by atoms with Crippen LogP contribution in [0.4, 0.5) is 0 Å². The third kappa shape index (κ3) is 17.5. The molecule has 2 aromatic carbocycles. The van der Waals surface area contributed by atoms with Crippen molar-refractivity contribution in [2.75, 3.05) is 26.9 Å². The molecule has 2 aromatic rings. The van der Waals surface area contributed by atoms with Crippen LogP contribution in [0.3, 0.4) is 0 Å². The van der Waals surface area contributed by atoms with Gasteiger partial charge in [-0.3, -0.25) is 9.59 Å². The van der Waals surface area contributed by atoms with Gasteiger partial charge in [-0.2, -0.15) is 0 Å². The van der Waals surface area contributed by atoms with Crippen LogP contribution >= 0.6 is 0 Å². The van der Waals surface area contributed by atoms with E-state index in [4.69, 9.17) is 19.7 Å². The number of hydrogen-bond acceptors (Lipinski definition) is 8. The average Bonchev–Trinajstić information content (AvgIpc) is 2.99. The van der Waals surface area contributed by atoms with E-state index in [1.54, 1.807) is 19.1 Å². The summed E-state index contributed by atoms with van der Waals surface area (Å²) in [5.74, 6) is -3.32. The predicted octanol–water partition coefficient (Wildman–Crippen LogP) is 0.0574. The molecule has 1 aliphatic heterocycles. The molecule has 1 fully saturated rings. The minimum Gasteiger partial charge on any atom is -0.544 e. The second kappa shape index (κ2) is 25.1. The fourth-order valence-corrected chi connectivity index (χ4v) is 3.66. The van der Waals surface area contributed by atoms with E-state index >= 15 is 0 Å². The summed E-state index contributed by atoms with van der Waals surface area (Å²) in [7, 11) is 1.00. The maximum absolute atomic E-state index is 11.8. The SMILES string of the molecule is CC(O)CNC(=O)c1ccc(-c2ccccc2)cc1.CCC.CCCCO[C@]1(C(=O)[O-])CCC(NC(C)=O)CO1.CO.[Na+]. The molecule has 4 N–H and O–H groups in total. The zero-order chi connectivity index (χ0) is 32.0. The first kappa shape index (κ1) is 42.8. The Morgan fingerprint density at radius 3 is 2.05 bits per heavy atom. The van der Waals surface area contributed by atoms with Crippen LogP contribution in [-0.4, -0.2) is 72.8 Å². The molecule has 11 heteroatoms. The summed E-state index contributed by atoms with van der Waals surface area (Å²) >= 11 is 0. The third-order valence-corrected chi connectivity index (χ3v) is 5.70. The standard InChI is InChI=1S/C16H17NO2.C12H21NO5.C3H8.CH4O.Na/c1-12(18)11-17-16(19)15-9-7-14(8-10-15)13-5-3-2-4-6-13;1-3-4-7-17-12(11(15)16)6-5-10(8-18-12)13-9(2)14;1-3-2;1-2;/h2-10,12,18H,11H2,1H3,(H,17,19);10H,3-8H2,1-2H3,(H,13,14)(H,15,16);3H2,1-2H3;2H,1H3;/q;;;;+1/p-1/t;10?,12-;;;/m.1.../s1. The quantitative estimate of drug-likeness (QED) is 0.217. The molecule has 0 radical (unpaired) electrons. The molecule has 2 unspecified atom stereocenters. The second-order valence-corrected chi connectivity index (χ2v) is 9.70. The summed E-state index contributed by atoms with van der Waals surface area (Å²) in [5.41, 5.74) is 2.80. The van der Waals surface area contributed by atoms with Gasteiger partial charge in [0, 0.05) is 32.6 Å². The Labute approximate surface area is 278 Å². The van der Waals surface area contributed by atoms with Crippen molar-refractivity contribution in [2.24, 2.45) is 0 Å². The van der Waals surface area contributed by atoms with Gasteiger partial charge in [-0.15, -0.1) is 0 Å². The average molecular weight is 613 g/mol. The van der Waals surface area contributed by atoms with Gasteiger partial charge < -0.3 is 40.2 Å². The molecular weight excluding hydrogens is 563 g/mol. The summed E-state index contributed by atoms with van der Waals surface area (Å²) in [5, 5.41) is 32.6. The smallest absolute Gasteiger partial charge is 0.544 e. The van der Waals surface area contributed by atoms with Gasteiger partial charge in [0.25, 0.3) is 5.91 Å². The van der Waals surface area contributed by atoms with Gasteiger partial charge in [-0.1, -0.05) is 76.1 Å². The molecule has 0 saturated carbocycles. The summed E-state index contributed by atoms with van der Waals surface area (Å²) < 4.78 is 10.6. The number of aliphatic hydroxyl groups excluding tert-OH is 2. The van der Waals surface area contributed by atoms with Crippen molar-refractivity contribution in [2.45, 2.75) is 84.7 Å². The zero-order valence-electron chi connectivity index (χ0n) is 26.9. The van der Waals surface area contributed by atoms with Crippen LogP contribution in [-0.2, 0) is 19.1 Å². The van der Waals surface area contributed by atoms with Crippen molar-refractivity contribution in [1.29, 1.82) is 0 Å². The molecule has 1 aliphatic rings. The Kier molecular flexibility index (Phi) is 25.0. The fraction of sp³-hybridized carbons (Fsp3) is 0.531. The molecule has 3 rings (SSSR count). The monoisotopic (exact) mass is 612 g/mol. The number of carbonyl (C=O) groups excluding carboxylic acids is 3. The summed E-state index contributed by atoms with van der Waals surface area (Å²) in [6.07, 6.45) is 3.09. The van der Waals surface area contributed by atoms with E-state index < -0.39 is 17.9 Å². The minimum absolute atomic E-state index is 0. The fourth-order valence-electron chi connectivity index (χ4n) is 3.66. The first-order valence-electron chi connectivity index (χ1n) is 14.4. The number of carboxylic acid groups (broad SMARTS) is 1. The van der Waals surface area contributed by atoms with Gasteiger partial charge in [0.15, 0.2) is 0 Å². The largest absolute Gasteiger partial charge is 1.00 e. The summed E-state index contributed by atoms with van der Waals surface area (Å²) in [6.45, 7) is 10.0. The Bertz CT molecular complexity index is 1010. The van der Waals surface area contributed by atoms with Crippen LogP contribution in [0.15, 0.2) is 54.6 Å². The number of aliphatic hydroxyl groups is 2. The van der Waals surface area contributed by atoms with E-state index in [9.17, 15) is 19.5 Å². The van der Waals surface area contributed by atoms with Gasteiger partial charge in [-0.05, 0) is 43.0 Å². The second-order valence-electron chi connectivity index (χ2n) is 9.70. The van der Waals surface area contributed by atoms with Crippen molar-refractivity contribution >= 4 is 17.8 Å². The number of hydrogen-bond donors (Lipinski definition) is 4. The molecule has 0 aliphatic carbocycles. The maximum atomic E-state index is 11.8. The first-order valence-corrected chi connectivity index (χ1v) is 14.4. The number of nitrogens with one attached hydrogen (secondary N) is 2. The van der Waals surface area contributed by atoms with Crippen molar-refractivity contribution in [1.82, 2.24) is 10.6 Å². The molecule has 0 aromatic heterocycles. The molecule has 0 spiro atoms. The van der Waals surface area contributed by atoms with Crippen LogP contribution in [0.5, 0.6) is 0 Å². The molecule has 43 heavy (non-hydrogen) atoms. The Morgan fingerprint density at radius 2 is 1.60 bits per heavy atom. The molecule has 3 atom stereocenters. The summed E-state index contributed by atoms with van der Waals surface area (Å²) in [4.78, 5) is 33.8. The number of aliphatic carboxylic acids is 1. The van der Waals surface area contributed by atoms with Crippen molar-refractivity contribution in [3.8, 4) is 11.1 Å². The van der Waals surface area contributed by atoms with Crippen molar-refractivity contribution in [3.63, 3.8) is 0 Å². The molecule has 1 saturated heterocycles. The predicted molar refractivity (Wildman–Crippen MR) is 161 cm³/mol. The van der Waals surface area contributed by atoms with Crippen LogP contribution in [0, 0.1) is 0 Å².